The van der Waals surface area contributed by atoms with Crippen molar-refractivity contribution in [3.05, 3.63) is 33.7 Å². The molecule has 1 rings (SSSR count). The summed E-state index contributed by atoms with van der Waals surface area (Å²) in [7, 11) is 0. The van der Waals surface area contributed by atoms with Crippen LogP contribution in [0.1, 0.15) is 29.4 Å². The van der Waals surface area contributed by atoms with E-state index in [1.165, 1.54) is 17.2 Å². The number of pyridine rings is 1. The highest BCUT2D eigenvalue weighted by atomic mass is 16.2. The molecule has 17 heavy (non-hydrogen) atoms. The van der Waals surface area contributed by atoms with Gasteiger partial charge in [-0.15, -0.1) is 0 Å². The average molecular weight is 233 g/mol. The van der Waals surface area contributed by atoms with Crippen molar-refractivity contribution in [3.63, 3.8) is 0 Å². The fraction of sp³-hybridized carbons (Fsp3) is 0.417. The SMILES string of the molecule is CCCN(CC#N)C(=O)c1c[nH]c(C)cc1=O. The first-order chi connectivity index (χ1) is 8.10. The third-order valence-electron chi connectivity index (χ3n) is 2.33. The zero-order valence-electron chi connectivity index (χ0n) is 9.99. The fourth-order valence-electron chi connectivity index (χ4n) is 1.52. The minimum atomic E-state index is -0.394. The summed E-state index contributed by atoms with van der Waals surface area (Å²) in [6, 6.07) is 3.31. The van der Waals surface area contributed by atoms with Crippen LogP contribution in [0, 0.1) is 18.3 Å². The summed E-state index contributed by atoms with van der Waals surface area (Å²) >= 11 is 0. The summed E-state index contributed by atoms with van der Waals surface area (Å²) in [6.07, 6.45) is 2.15. The van der Waals surface area contributed by atoms with Crippen molar-refractivity contribution in [2.75, 3.05) is 13.1 Å². The minimum absolute atomic E-state index is 0.0000102. The van der Waals surface area contributed by atoms with Crippen LogP contribution in [0.4, 0.5) is 0 Å². The minimum Gasteiger partial charge on any atom is -0.364 e. The lowest BCUT2D eigenvalue weighted by molar-refractivity contribution is 0.0774. The quantitative estimate of drug-likeness (QED) is 0.790. The first kappa shape index (κ1) is 13.0. The van der Waals surface area contributed by atoms with E-state index in [0.29, 0.717) is 12.2 Å². The summed E-state index contributed by atoms with van der Waals surface area (Å²) < 4.78 is 0. The van der Waals surface area contributed by atoms with Gasteiger partial charge in [0.1, 0.15) is 12.1 Å². The van der Waals surface area contributed by atoms with Gasteiger partial charge in [0.15, 0.2) is 5.43 Å². The molecule has 0 saturated carbocycles. The molecule has 0 spiro atoms. The molecule has 0 unspecified atom stereocenters. The van der Waals surface area contributed by atoms with E-state index in [0.717, 1.165) is 6.42 Å². The first-order valence-electron chi connectivity index (χ1n) is 5.45. The Bertz CT molecular complexity index is 499. The smallest absolute Gasteiger partial charge is 0.260 e. The third-order valence-corrected chi connectivity index (χ3v) is 2.33. The Morgan fingerprint density at radius 2 is 2.29 bits per heavy atom. The molecule has 1 N–H and O–H groups in total. The molecule has 1 amide bonds. The Balaban J connectivity index is 3.01. The average Bonchev–Trinajstić information content (AvgIpc) is 2.28. The van der Waals surface area contributed by atoms with E-state index in [-0.39, 0.29) is 17.5 Å². The summed E-state index contributed by atoms with van der Waals surface area (Å²) in [5.41, 5.74) is 0.471. The maximum atomic E-state index is 12.0. The Morgan fingerprint density at radius 1 is 1.59 bits per heavy atom. The van der Waals surface area contributed by atoms with Gasteiger partial charge in [0.25, 0.3) is 5.91 Å². The number of nitriles is 1. The van der Waals surface area contributed by atoms with E-state index in [1.807, 2.05) is 13.0 Å². The number of H-pyrrole nitrogens is 1. The summed E-state index contributed by atoms with van der Waals surface area (Å²) in [4.78, 5) is 27.9. The van der Waals surface area contributed by atoms with E-state index in [9.17, 15) is 9.59 Å². The van der Waals surface area contributed by atoms with E-state index in [1.54, 1.807) is 6.92 Å². The monoisotopic (exact) mass is 233 g/mol. The van der Waals surface area contributed by atoms with Crippen LogP contribution < -0.4 is 5.43 Å². The van der Waals surface area contributed by atoms with Crippen LogP contribution >= 0.6 is 0 Å². The zero-order valence-corrected chi connectivity index (χ0v) is 9.99. The molecule has 0 aliphatic heterocycles. The first-order valence-corrected chi connectivity index (χ1v) is 5.45. The zero-order chi connectivity index (χ0) is 12.8. The number of nitrogens with one attached hydrogen (secondary N) is 1. The molecule has 0 bridgehead atoms. The van der Waals surface area contributed by atoms with Crippen molar-refractivity contribution >= 4 is 5.91 Å². The van der Waals surface area contributed by atoms with Crippen molar-refractivity contribution in [1.29, 1.82) is 5.26 Å². The molecule has 5 heteroatoms. The molecule has 1 aromatic rings. The maximum absolute atomic E-state index is 12.0. The fourth-order valence-corrected chi connectivity index (χ4v) is 1.52. The van der Waals surface area contributed by atoms with Crippen molar-refractivity contribution < 1.29 is 4.79 Å². The van der Waals surface area contributed by atoms with Gasteiger partial charge in [-0.05, 0) is 13.3 Å². The number of carbonyl (C=O) groups excluding carboxylic acids is 1. The number of nitrogens with zero attached hydrogens (tertiary/aromatic N) is 2. The van der Waals surface area contributed by atoms with Crippen molar-refractivity contribution in [2.24, 2.45) is 0 Å². The number of aryl methyl sites for hydroxylation is 1. The van der Waals surface area contributed by atoms with Crippen LogP contribution in [0.25, 0.3) is 0 Å². The molecule has 0 aliphatic carbocycles. The summed E-state index contributed by atoms with van der Waals surface area (Å²) in [5.74, 6) is -0.394. The van der Waals surface area contributed by atoms with Gasteiger partial charge in [-0.3, -0.25) is 9.59 Å². The second kappa shape index (κ2) is 5.85. The van der Waals surface area contributed by atoms with Gasteiger partial charge >= 0.3 is 0 Å². The van der Waals surface area contributed by atoms with Gasteiger partial charge in [0, 0.05) is 24.5 Å². The van der Waals surface area contributed by atoms with Crippen molar-refractivity contribution in [2.45, 2.75) is 20.3 Å². The highest BCUT2D eigenvalue weighted by Gasteiger charge is 2.17. The number of amides is 1. The molecule has 90 valence electrons. The highest BCUT2D eigenvalue weighted by molar-refractivity contribution is 5.93. The summed E-state index contributed by atoms with van der Waals surface area (Å²) in [6.45, 7) is 4.13. The van der Waals surface area contributed by atoms with Crippen LogP contribution in [0.15, 0.2) is 17.1 Å². The molecule has 0 radical (unpaired) electrons. The molecular weight excluding hydrogens is 218 g/mol. The number of aromatic nitrogens is 1. The topological polar surface area (TPSA) is 77.0 Å². The van der Waals surface area contributed by atoms with Gasteiger partial charge in [-0.25, -0.2) is 0 Å². The molecule has 0 saturated heterocycles. The molecule has 0 atom stereocenters. The Hall–Kier alpha value is -2.09. The van der Waals surface area contributed by atoms with Crippen LogP contribution in [-0.2, 0) is 0 Å². The maximum Gasteiger partial charge on any atom is 0.260 e. The molecule has 0 aliphatic rings. The highest BCUT2D eigenvalue weighted by Crippen LogP contribution is 2.01. The van der Waals surface area contributed by atoms with E-state index >= 15 is 0 Å². The standard InChI is InChI=1S/C12H15N3O2/c1-3-5-15(6-4-13)12(17)10-8-14-9(2)7-11(10)16/h7-8H,3,5-6H2,1-2H3,(H,14,16). The summed E-state index contributed by atoms with van der Waals surface area (Å²) in [5, 5.41) is 8.64. The lowest BCUT2D eigenvalue weighted by Gasteiger charge is -2.18. The third kappa shape index (κ3) is 3.18. The van der Waals surface area contributed by atoms with Crippen LogP contribution in [0.2, 0.25) is 0 Å². The largest absolute Gasteiger partial charge is 0.364 e. The van der Waals surface area contributed by atoms with Gasteiger partial charge in [0.2, 0.25) is 0 Å². The number of carbonyl (C=O) groups is 1. The van der Waals surface area contributed by atoms with Crippen LogP contribution in [0.5, 0.6) is 0 Å². The molecule has 1 aromatic heterocycles. The number of rotatable bonds is 4. The van der Waals surface area contributed by atoms with E-state index < -0.39 is 5.91 Å². The number of aromatic amines is 1. The Labute approximate surface area is 99.7 Å². The van der Waals surface area contributed by atoms with Gasteiger partial charge < -0.3 is 9.88 Å². The molecule has 0 fully saturated rings. The van der Waals surface area contributed by atoms with Crippen molar-refractivity contribution in [3.8, 4) is 6.07 Å². The molecule has 0 aromatic carbocycles. The predicted octanol–water partition coefficient (Wildman–Crippen LogP) is 1.06. The second-order valence-corrected chi connectivity index (χ2v) is 3.78. The predicted molar refractivity (Wildman–Crippen MR) is 63.6 cm³/mol. The molecule has 5 nitrogen and oxygen atoms in total. The van der Waals surface area contributed by atoms with Crippen LogP contribution in [-0.4, -0.2) is 28.9 Å². The van der Waals surface area contributed by atoms with E-state index in [4.69, 9.17) is 5.26 Å². The van der Waals surface area contributed by atoms with E-state index in [2.05, 4.69) is 4.98 Å². The van der Waals surface area contributed by atoms with Gasteiger partial charge in [-0.2, -0.15) is 5.26 Å². The molecule has 1 heterocycles. The van der Waals surface area contributed by atoms with Gasteiger partial charge in [-0.1, -0.05) is 6.92 Å². The van der Waals surface area contributed by atoms with Gasteiger partial charge in [0.05, 0.1) is 6.07 Å². The van der Waals surface area contributed by atoms with Crippen LogP contribution in [0.3, 0.4) is 0 Å². The van der Waals surface area contributed by atoms with Crippen molar-refractivity contribution in [1.82, 2.24) is 9.88 Å². The number of hydrogen-bond acceptors (Lipinski definition) is 3. The Kier molecular flexibility index (Phi) is 4.46. The lowest BCUT2D eigenvalue weighted by Crippen LogP contribution is -2.35. The normalized spacial score (nSPS) is 9.71. The lowest BCUT2D eigenvalue weighted by atomic mass is 10.2. The molecular formula is C12H15N3O2. The number of hydrogen-bond donors (Lipinski definition) is 1. The second-order valence-electron chi connectivity index (χ2n) is 3.78. The Morgan fingerprint density at radius 3 is 2.82 bits per heavy atom.